The minimum absolute atomic E-state index is 0.555. The van der Waals surface area contributed by atoms with Crippen molar-refractivity contribution in [3.63, 3.8) is 0 Å². The Kier molecular flexibility index (Phi) is 4.64. The van der Waals surface area contributed by atoms with Crippen molar-refractivity contribution in [2.24, 2.45) is 22.2 Å². The molecular formula is C17H30N2S. The van der Waals surface area contributed by atoms with Crippen LogP contribution in [0, 0.1) is 17.3 Å². The molecule has 3 atom stereocenters. The van der Waals surface area contributed by atoms with Crippen LogP contribution in [0.4, 0.5) is 0 Å². The molecule has 0 aromatic rings. The van der Waals surface area contributed by atoms with E-state index < -0.39 is 0 Å². The van der Waals surface area contributed by atoms with Gasteiger partial charge in [-0.3, -0.25) is 4.99 Å². The van der Waals surface area contributed by atoms with Gasteiger partial charge in [0.15, 0.2) is 5.17 Å². The largest absolute Gasteiger partial charge is 0.362 e. The fourth-order valence-electron chi connectivity index (χ4n) is 4.19. The van der Waals surface area contributed by atoms with E-state index in [-0.39, 0.29) is 0 Å². The van der Waals surface area contributed by atoms with Gasteiger partial charge in [0.1, 0.15) is 0 Å². The summed E-state index contributed by atoms with van der Waals surface area (Å²) in [4.78, 5) is 4.93. The highest BCUT2D eigenvalue weighted by molar-refractivity contribution is 8.13. The summed E-state index contributed by atoms with van der Waals surface area (Å²) in [6.07, 6.45) is 11.2. The van der Waals surface area contributed by atoms with Crippen LogP contribution < -0.4 is 5.32 Å². The topological polar surface area (TPSA) is 24.4 Å². The molecule has 2 nitrogen and oxygen atoms in total. The first-order valence-corrected chi connectivity index (χ1v) is 9.61. The van der Waals surface area contributed by atoms with Crippen molar-refractivity contribution in [3.05, 3.63) is 0 Å². The van der Waals surface area contributed by atoms with Crippen LogP contribution in [0.25, 0.3) is 0 Å². The van der Waals surface area contributed by atoms with Gasteiger partial charge in [-0.1, -0.05) is 57.7 Å². The zero-order valence-electron chi connectivity index (χ0n) is 13.2. The van der Waals surface area contributed by atoms with E-state index in [4.69, 9.17) is 4.99 Å². The number of amidine groups is 1. The minimum Gasteiger partial charge on any atom is -0.362 e. The Morgan fingerprint density at radius 3 is 2.60 bits per heavy atom. The lowest BCUT2D eigenvalue weighted by molar-refractivity contribution is 0.221. The summed E-state index contributed by atoms with van der Waals surface area (Å²) in [7, 11) is 0. The third-order valence-electron chi connectivity index (χ3n) is 6.00. The highest BCUT2D eigenvalue weighted by Gasteiger charge is 2.36. The molecule has 3 unspecified atom stereocenters. The molecule has 0 saturated heterocycles. The van der Waals surface area contributed by atoms with Crippen LogP contribution in [0.2, 0.25) is 0 Å². The van der Waals surface area contributed by atoms with Crippen molar-refractivity contribution >= 4 is 16.9 Å². The lowest BCUT2D eigenvalue weighted by Gasteiger charge is -2.40. The van der Waals surface area contributed by atoms with Crippen LogP contribution in [-0.4, -0.2) is 23.5 Å². The van der Waals surface area contributed by atoms with Gasteiger partial charge < -0.3 is 5.32 Å². The zero-order valence-corrected chi connectivity index (χ0v) is 14.0. The zero-order chi connectivity index (χ0) is 14.0. The molecule has 3 aliphatic rings. The molecule has 0 amide bonds. The first-order chi connectivity index (χ1) is 9.69. The van der Waals surface area contributed by atoms with E-state index in [1.54, 1.807) is 0 Å². The van der Waals surface area contributed by atoms with Crippen molar-refractivity contribution in [3.8, 4) is 0 Å². The van der Waals surface area contributed by atoms with Crippen LogP contribution >= 0.6 is 11.8 Å². The summed E-state index contributed by atoms with van der Waals surface area (Å²) in [5.41, 5.74) is 0.555. The molecule has 0 bridgehead atoms. The van der Waals surface area contributed by atoms with Crippen LogP contribution in [-0.2, 0) is 0 Å². The highest BCUT2D eigenvalue weighted by Crippen LogP contribution is 2.42. The Balaban J connectivity index is 1.56. The molecule has 2 saturated carbocycles. The van der Waals surface area contributed by atoms with Gasteiger partial charge in [0, 0.05) is 18.3 Å². The van der Waals surface area contributed by atoms with E-state index in [0.717, 1.165) is 18.4 Å². The Labute approximate surface area is 128 Å². The van der Waals surface area contributed by atoms with Crippen LogP contribution in [0.5, 0.6) is 0 Å². The maximum absolute atomic E-state index is 4.93. The number of aliphatic imine (C=N–C) groups is 1. The molecule has 3 rings (SSSR count). The van der Waals surface area contributed by atoms with Gasteiger partial charge in [-0.25, -0.2) is 0 Å². The maximum Gasteiger partial charge on any atom is 0.156 e. The third kappa shape index (κ3) is 3.18. The first-order valence-electron chi connectivity index (χ1n) is 8.62. The van der Waals surface area contributed by atoms with E-state index >= 15 is 0 Å². The molecule has 20 heavy (non-hydrogen) atoms. The van der Waals surface area contributed by atoms with Crippen LogP contribution in [0.15, 0.2) is 4.99 Å². The Morgan fingerprint density at radius 1 is 1.10 bits per heavy atom. The molecule has 2 fully saturated rings. The van der Waals surface area contributed by atoms with Gasteiger partial charge in [0.05, 0.1) is 0 Å². The summed E-state index contributed by atoms with van der Waals surface area (Å²) >= 11 is 2.00. The Bertz CT molecular complexity index is 360. The number of hydrogen-bond acceptors (Lipinski definition) is 3. The van der Waals surface area contributed by atoms with Gasteiger partial charge in [0.2, 0.25) is 0 Å². The predicted molar refractivity (Wildman–Crippen MR) is 89.4 cm³/mol. The van der Waals surface area contributed by atoms with Gasteiger partial charge in [-0.05, 0) is 36.5 Å². The monoisotopic (exact) mass is 294 g/mol. The molecule has 1 N–H and O–H groups in total. The molecule has 0 aromatic heterocycles. The normalized spacial score (nSPS) is 37.5. The number of nitrogens with one attached hydrogen (secondary N) is 1. The van der Waals surface area contributed by atoms with E-state index in [2.05, 4.69) is 19.2 Å². The highest BCUT2D eigenvalue weighted by atomic mass is 32.2. The Morgan fingerprint density at radius 2 is 1.90 bits per heavy atom. The predicted octanol–water partition coefficient (Wildman–Crippen LogP) is 4.45. The molecule has 1 heterocycles. The fourth-order valence-corrected chi connectivity index (χ4v) is 5.40. The van der Waals surface area contributed by atoms with E-state index in [9.17, 15) is 0 Å². The van der Waals surface area contributed by atoms with Crippen molar-refractivity contribution in [1.82, 2.24) is 5.32 Å². The second-order valence-corrected chi connectivity index (χ2v) is 8.45. The summed E-state index contributed by atoms with van der Waals surface area (Å²) in [6.45, 7) is 5.91. The van der Waals surface area contributed by atoms with Gasteiger partial charge in [0.25, 0.3) is 0 Å². The number of rotatable bonds is 1. The van der Waals surface area contributed by atoms with Gasteiger partial charge in [-0.2, -0.15) is 0 Å². The van der Waals surface area contributed by atoms with Crippen molar-refractivity contribution in [2.45, 2.75) is 71.3 Å². The Hall–Kier alpha value is -0.180. The molecular weight excluding hydrogens is 264 g/mol. The van der Waals surface area contributed by atoms with Gasteiger partial charge >= 0.3 is 0 Å². The fraction of sp³-hybridized carbons (Fsp3) is 0.941. The lowest BCUT2D eigenvalue weighted by Crippen LogP contribution is -2.45. The molecule has 0 aromatic carbocycles. The quantitative estimate of drug-likeness (QED) is 0.772. The number of hydrogen-bond donors (Lipinski definition) is 1. The average Bonchev–Trinajstić information content (AvgIpc) is 2.47. The number of nitrogens with zero attached hydrogens (tertiary/aromatic N) is 1. The minimum atomic E-state index is 0.555. The molecule has 0 radical (unpaired) electrons. The standard InChI is InChI=1S/C17H30N2S/c1-13-7-6-8-15(14(13)2)19-16-18-11-17(12-20-16)9-4-3-5-10-17/h13-15H,3-12H2,1-2H3,(H,18,19). The van der Waals surface area contributed by atoms with Crippen molar-refractivity contribution in [1.29, 1.82) is 0 Å². The average molecular weight is 295 g/mol. The van der Waals surface area contributed by atoms with E-state index in [1.165, 1.54) is 62.3 Å². The van der Waals surface area contributed by atoms with Crippen molar-refractivity contribution < 1.29 is 0 Å². The summed E-state index contributed by atoms with van der Waals surface area (Å²) in [5, 5.41) is 5.02. The molecule has 3 heteroatoms. The molecule has 1 aliphatic heterocycles. The summed E-state index contributed by atoms with van der Waals surface area (Å²) < 4.78 is 0. The third-order valence-corrected chi connectivity index (χ3v) is 7.28. The first kappa shape index (κ1) is 14.7. The lowest BCUT2D eigenvalue weighted by atomic mass is 9.75. The smallest absolute Gasteiger partial charge is 0.156 e. The number of thioether (sulfide) groups is 1. The molecule has 114 valence electrons. The van der Waals surface area contributed by atoms with Crippen LogP contribution in [0.1, 0.15) is 65.2 Å². The second-order valence-electron chi connectivity index (χ2n) is 7.49. The molecule has 2 aliphatic carbocycles. The SMILES string of the molecule is CC1CCCC(NC2=NCC3(CCCCC3)CS2)C1C. The van der Waals surface area contributed by atoms with Crippen molar-refractivity contribution in [2.75, 3.05) is 12.3 Å². The maximum atomic E-state index is 4.93. The second kappa shape index (κ2) is 6.29. The summed E-state index contributed by atoms with van der Waals surface area (Å²) in [5.74, 6) is 2.95. The van der Waals surface area contributed by atoms with Crippen LogP contribution in [0.3, 0.4) is 0 Å². The van der Waals surface area contributed by atoms with Gasteiger partial charge in [-0.15, -0.1) is 0 Å². The van der Waals surface area contributed by atoms with E-state index in [0.29, 0.717) is 11.5 Å². The molecule has 1 spiro atoms. The van der Waals surface area contributed by atoms with E-state index in [1.807, 2.05) is 11.8 Å². The summed E-state index contributed by atoms with van der Waals surface area (Å²) in [6, 6.07) is 0.658.